The van der Waals surface area contributed by atoms with Crippen LogP contribution in [-0.4, -0.2) is 17.8 Å². The summed E-state index contributed by atoms with van der Waals surface area (Å²) in [6.45, 7) is 0. The molecule has 3 rings (SSSR count). The van der Waals surface area contributed by atoms with Gasteiger partial charge in [-0.1, -0.05) is 24.3 Å². The van der Waals surface area contributed by atoms with Crippen molar-refractivity contribution in [2.24, 2.45) is 0 Å². The zero-order chi connectivity index (χ0) is 19.2. The van der Waals surface area contributed by atoms with Crippen LogP contribution in [0.3, 0.4) is 0 Å². The minimum atomic E-state index is -0.452. The zero-order valence-corrected chi connectivity index (χ0v) is 14.8. The summed E-state index contributed by atoms with van der Waals surface area (Å²) < 4.78 is 0. The number of carbonyl (C=O) groups is 1. The largest absolute Gasteiger partial charge is 0.345 e. The molecule has 0 heterocycles. The third-order valence-electron chi connectivity index (χ3n) is 4.21. The van der Waals surface area contributed by atoms with E-state index in [1.165, 1.54) is 18.2 Å². The average molecular weight is 358 g/mol. The van der Waals surface area contributed by atoms with Gasteiger partial charge in [-0.2, -0.15) is 0 Å². The second-order valence-corrected chi connectivity index (χ2v) is 5.99. The monoisotopic (exact) mass is 358 g/mol. The van der Waals surface area contributed by atoms with Gasteiger partial charge in [0.15, 0.2) is 5.78 Å². The van der Waals surface area contributed by atoms with Gasteiger partial charge < -0.3 is 4.90 Å². The number of nitrogens with zero attached hydrogens (tertiary/aromatic N) is 2. The Labute approximate surface area is 157 Å². The molecule has 134 valence electrons. The van der Waals surface area contributed by atoms with Gasteiger partial charge in [0.05, 0.1) is 4.92 Å². The van der Waals surface area contributed by atoms with Gasteiger partial charge in [-0.05, 0) is 60.2 Å². The number of allylic oxidation sites excluding steroid dienone is 1. The summed E-state index contributed by atoms with van der Waals surface area (Å²) in [5.74, 6) is -0.123. The number of nitro groups is 1. The molecule has 0 aliphatic carbocycles. The van der Waals surface area contributed by atoms with Crippen molar-refractivity contribution in [1.29, 1.82) is 0 Å². The molecule has 0 aliphatic rings. The Hall–Kier alpha value is -3.73. The Kier molecular flexibility index (Phi) is 5.42. The highest BCUT2D eigenvalue weighted by atomic mass is 16.6. The highest BCUT2D eigenvalue weighted by molar-refractivity contribution is 6.07. The number of benzene rings is 3. The van der Waals surface area contributed by atoms with Crippen LogP contribution < -0.4 is 4.90 Å². The smallest absolute Gasteiger partial charge is 0.269 e. The molecule has 0 bridgehead atoms. The van der Waals surface area contributed by atoms with Crippen LogP contribution in [0.5, 0.6) is 0 Å². The fourth-order valence-corrected chi connectivity index (χ4v) is 2.63. The molecule has 0 radical (unpaired) electrons. The molecule has 0 aromatic heterocycles. The normalized spacial score (nSPS) is 10.7. The van der Waals surface area contributed by atoms with Crippen molar-refractivity contribution in [3.05, 3.63) is 106 Å². The Balaban J connectivity index is 1.69. The summed E-state index contributed by atoms with van der Waals surface area (Å²) in [5, 5.41) is 10.7. The van der Waals surface area contributed by atoms with Crippen LogP contribution in [0.1, 0.15) is 15.9 Å². The summed E-state index contributed by atoms with van der Waals surface area (Å²) in [7, 11) is 1.97. The van der Waals surface area contributed by atoms with Crippen molar-refractivity contribution in [3.8, 4) is 0 Å². The van der Waals surface area contributed by atoms with E-state index in [1.54, 1.807) is 30.3 Å². The van der Waals surface area contributed by atoms with Crippen LogP contribution in [0, 0.1) is 10.1 Å². The standard InChI is InChI=1S/C22H18N2O3/c1-23(19-5-3-2-4-6-19)20-14-10-18(11-15-20)22(25)16-9-17-7-12-21(13-8-17)24(26)27/h2-16H,1H3. The first-order valence-electron chi connectivity index (χ1n) is 8.40. The highest BCUT2D eigenvalue weighted by Crippen LogP contribution is 2.23. The number of ketones is 1. The maximum Gasteiger partial charge on any atom is 0.269 e. The number of non-ortho nitro benzene ring substituents is 1. The average Bonchev–Trinajstić information content (AvgIpc) is 2.72. The SMILES string of the molecule is CN(c1ccccc1)c1ccc(C(=O)C=Cc2ccc([N+](=O)[O-])cc2)cc1. The molecule has 0 amide bonds. The third kappa shape index (κ3) is 4.46. The van der Waals surface area contributed by atoms with Gasteiger partial charge in [-0.15, -0.1) is 0 Å². The first-order valence-corrected chi connectivity index (χ1v) is 8.40. The van der Waals surface area contributed by atoms with E-state index in [9.17, 15) is 14.9 Å². The molecule has 0 fully saturated rings. The van der Waals surface area contributed by atoms with Gasteiger partial charge in [0.25, 0.3) is 5.69 Å². The second kappa shape index (κ2) is 8.10. The summed E-state index contributed by atoms with van der Waals surface area (Å²) >= 11 is 0. The van der Waals surface area contributed by atoms with E-state index < -0.39 is 4.92 Å². The predicted octanol–water partition coefficient (Wildman–Crippen LogP) is 5.26. The van der Waals surface area contributed by atoms with E-state index in [4.69, 9.17) is 0 Å². The number of para-hydroxylation sites is 1. The Bertz CT molecular complexity index is 963. The molecule has 0 aliphatic heterocycles. The summed E-state index contributed by atoms with van der Waals surface area (Å²) in [4.78, 5) is 24.6. The molecule has 0 saturated carbocycles. The van der Waals surface area contributed by atoms with Crippen LogP contribution in [-0.2, 0) is 0 Å². The molecule has 5 nitrogen and oxygen atoms in total. The van der Waals surface area contributed by atoms with E-state index in [-0.39, 0.29) is 11.5 Å². The Morgan fingerprint density at radius 3 is 2.07 bits per heavy atom. The van der Waals surface area contributed by atoms with Crippen molar-refractivity contribution in [1.82, 2.24) is 0 Å². The molecule has 27 heavy (non-hydrogen) atoms. The van der Waals surface area contributed by atoms with Gasteiger partial charge in [0, 0.05) is 36.1 Å². The van der Waals surface area contributed by atoms with Crippen molar-refractivity contribution < 1.29 is 9.72 Å². The van der Waals surface area contributed by atoms with Crippen LogP contribution in [0.4, 0.5) is 17.1 Å². The minimum absolute atomic E-state index is 0.0246. The number of anilines is 2. The van der Waals surface area contributed by atoms with Crippen molar-refractivity contribution in [2.75, 3.05) is 11.9 Å². The number of nitro benzene ring substituents is 1. The van der Waals surface area contributed by atoms with Crippen LogP contribution in [0.2, 0.25) is 0 Å². The molecule has 3 aromatic carbocycles. The fourth-order valence-electron chi connectivity index (χ4n) is 2.63. The molecular weight excluding hydrogens is 340 g/mol. The van der Waals surface area contributed by atoms with E-state index in [0.717, 1.165) is 16.9 Å². The molecule has 0 spiro atoms. The zero-order valence-electron chi connectivity index (χ0n) is 14.8. The molecule has 0 saturated heterocycles. The first-order chi connectivity index (χ1) is 13.0. The predicted molar refractivity (Wildman–Crippen MR) is 107 cm³/mol. The number of hydrogen-bond acceptors (Lipinski definition) is 4. The number of rotatable bonds is 6. The van der Waals surface area contributed by atoms with E-state index >= 15 is 0 Å². The summed E-state index contributed by atoms with van der Waals surface area (Å²) in [6, 6.07) is 23.4. The Morgan fingerprint density at radius 1 is 0.889 bits per heavy atom. The van der Waals surface area contributed by atoms with Gasteiger partial charge in [0.1, 0.15) is 0 Å². The molecular formula is C22H18N2O3. The lowest BCUT2D eigenvalue weighted by molar-refractivity contribution is -0.384. The molecule has 0 unspecified atom stereocenters. The van der Waals surface area contributed by atoms with Gasteiger partial charge in [-0.3, -0.25) is 14.9 Å². The van der Waals surface area contributed by atoms with Crippen molar-refractivity contribution in [3.63, 3.8) is 0 Å². The maximum absolute atomic E-state index is 12.3. The highest BCUT2D eigenvalue weighted by Gasteiger charge is 2.06. The van der Waals surface area contributed by atoms with Gasteiger partial charge >= 0.3 is 0 Å². The molecule has 0 atom stereocenters. The Morgan fingerprint density at radius 2 is 1.48 bits per heavy atom. The van der Waals surface area contributed by atoms with E-state index in [0.29, 0.717) is 5.56 Å². The van der Waals surface area contributed by atoms with Crippen LogP contribution in [0.15, 0.2) is 84.9 Å². The lowest BCUT2D eigenvalue weighted by Gasteiger charge is -2.19. The van der Waals surface area contributed by atoms with Crippen LogP contribution >= 0.6 is 0 Å². The van der Waals surface area contributed by atoms with E-state index in [2.05, 4.69) is 0 Å². The van der Waals surface area contributed by atoms with Crippen molar-refractivity contribution >= 4 is 28.9 Å². The summed E-state index contributed by atoms with van der Waals surface area (Å²) in [6.07, 6.45) is 3.12. The van der Waals surface area contributed by atoms with Gasteiger partial charge in [0.2, 0.25) is 0 Å². The lowest BCUT2D eigenvalue weighted by Crippen LogP contribution is -2.09. The molecule has 0 N–H and O–H groups in total. The third-order valence-corrected chi connectivity index (χ3v) is 4.21. The molecule has 3 aromatic rings. The topological polar surface area (TPSA) is 63.5 Å². The lowest BCUT2D eigenvalue weighted by atomic mass is 10.1. The minimum Gasteiger partial charge on any atom is -0.345 e. The van der Waals surface area contributed by atoms with Crippen molar-refractivity contribution in [2.45, 2.75) is 0 Å². The summed E-state index contributed by atoms with van der Waals surface area (Å²) in [5.41, 5.74) is 3.39. The quantitative estimate of drug-likeness (QED) is 0.261. The second-order valence-electron chi connectivity index (χ2n) is 5.99. The number of carbonyl (C=O) groups excluding carboxylic acids is 1. The maximum atomic E-state index is 12.3. The van der Waals surface area contributed by atoms with Crippen LogP contribution in [0.25, 0.3) is 6.08 Å². The fraction of sp³-hybridized carbons (Fsp3) is 0.0455. The van der Waals surface area contributed by atoms with E-state index in [1.807, 2.05) is 54.4 Å². The first kappa shape index (κ1) is 18.1. The number of hydrogen-bond donors (Lipinski definition) is 0. The van der Waals surface area contributed by atoms with Gasteiger partial charge in [-0.25, -0.2) is 0 Å². The molecule has 5 heteroatoms.